The number of carbonyl (C=O) groups is 12. The number of allylic oxidation sites excluding steroid dienone is 1. The number of thioether (sulfide) groups is 1. The SMILES string of the molecule is C=C(NC(=O)C(=C)NC(=O)c1csc(C2=N[C@@H]3c4csc(n4)[C@H]4NC(=O)c5csc(n5)[C@H]([C@](C)(O)C(C)O)NC(=O)C5CSC(=N5)/C(=C/C)NC(=O)C(C(C)O)NC(=O)c5csc(n5)C3(CC2)NC(=O)C(C)NC(=O)C(=C)NC(=O)C(=C)NC(=O)[C@H](C(C)C)NC2C=Cc3c(C(C)O)cc(nc3C2O)C(=O)OC4C)n1)C(N)=O. The lowest BCUT2D eigenvalue weighted by molar-refractivity contribution is -0.129. The van der Waals surface area contributed by atoms with Gasteiger partial charge in [0.05, 0.1) is 76.0 Å². The van der Waals surface area contributed by atoms with Crippen molar-refractivity contribution in [2.45, 2.75) is 165 Å². The number of fused-ring (bicyclic) bond motifs is 7. The van der Waals surface area contributed by atoms with Crippen molar-refractivity contribution >= 4 is 145 Å². The third kappa shape index (κ3) is 18.5. The Labute approximate surface area is 664 Å². The number of hydrogen-bond acceptors (Lipinski definition) is 31. The molecule has 42 heteroatoms. The number of nitrogens with zero attached hydrogens (tertiary/aromatic N) is 7. The van der Waals surface area contributed by atoms with Crippen molar-refractivity contribution in [2.24, 2.45) is 21.6 Å². The highest BCUT2D eigenvalue weighted by Crippen LogP contribution is 2.48. The molecule has 5 aliphatic rings. The average Bonchev–Trinajstić information content (AvgIpc) is 1.66. The molecule has 0 fully saturated rings. The molecular weight excluding hydrogens is 1570 g/mol. The number of amides is 11. The highest BCUT2D eigenvalue weighted by atomic mass is 32.2. The fraction of sp³-hybridized carbons (Fsp3) is 0.394. The van der Waals surface area contributed by atoms with E-state index in [1.54, 1.807) is 20.8 Å². The van der Waals surface area contributed by atoms with Crippen molar-refractivity contribution in [1.82, 2.24) is 83.4 Å². The summed E-state index contributed by atoms with van der Waals surface area (Å²) in [4.78, 5) is 203. The Kier molecular flexibility index (Phi) is 26.0. The molecule has 9 heterocycles. The number of thiazole rings is 4. The van der Waals surface area contributed by atoms with Crippen LogP contribution in [0.3, 0.4) is 0 Å². The summed E-state index contributed by atoms with van der Waals surface area (Å²) in [5.41, 5.74) is -2.56. The van der Waals surface area contributed by atoms with E-state index in [0.29, 0.717) is 0 Å². The predicted molar refractivity (Wildman–Crippen MR) is 413 cm³/mol. The zero-order chi connectivity index (χ0) is 82.7. The third-order valence-corrected chi connectivity index (χ3v) is 23.6. The van der Waals surface area contributed by atoms with E-state index in [-0.39, 0.29) is 89.0 Å². The van der Waals surface area contributed by atoms with Gasteiger partial charge in [-0.1, -0.05) is 58.4 Å². The number of esters is 1. The van der Waals surface area contributed by atoms with Crippen molar-refractivity contribution in [3.8, 4) is 0 Å². The molecule has 0 spiro atoms. The Morgan fingerprint density at radius 1 is 0.743 bits per heavy atom. The summed E-state index contributed by atoms with van der Waals surface area (Å²) >= 11 is 4.39. The summed E-state index contributed by atoms with van der Waals surface area (Å²) in [6.45, 7) is 26.9. The van der Waals surface area contributed by atoms with Crippen molar-refractivity contribution in [1.29, 1.82) is 0 Å². The van der Waals surface area contributed by atoms with Crippen molar-refractivity contribution in [2.75, 3.05) is 5.75 Å². The lowest BCUT2D eigenvalue weighted by Gasteiger charge is -2.41. The van der Waals surface area contributed by atoms with Crippen molar-refractivity contribution in [3.05, 3.63) is 160 Å². The second kappa shape index (κ2) is 34.7. The molecule has 11 amide bonds. The number of aliphatic imine (C=N–C) groups is 2. The molecule has 0 radical (unpaired) electrons. The van der Waals surface area contributed by atoms with Crippen molar-refractivity contribution < 1.29 is 87.8 Å². The first kappa shape index (κ1) is 84.6. The van der Waals surface area contributed by atoms with Gasteiger partial charge in [0, 0.05) is 32.8 Å². The molecule has 18 N–H and O–H groups in total. The number of aliphatic hydroxyl groups is 5. The molecule has 13 bridgehead atoms. The molecule has 598 valence electrons. The van der Waals surface area contributed by atoms with Crippen LogP contribution in [-0.4, -0.2) is 192 Å². The van der Waals surface area contributed by atoms with Crippen LogP contribution in [0.1, 0.15) is 190 Å². The normalized spacial score (nSPS) is 26.1. The van der Waals surface area contributed by atoms with Crippen LogP contribution in [0.25, 0.3) is 6.08 Å². The van der Waals surface area contributed by atoms with E-state index in [2.05, 4.69) is 105 Å². The van der Waals surface area contributed by atoms with E-state index in [0.717, 1.165) is 57.1 Å². The van der Waals surface area contributed by atoms with Crippen LogP contribution in [0.2, 0.25) is 0 Å². The molecule has 10 unspecified atom stereocenters. The highest BCUT2D eigenvalue weighted by Gasteiger charge is 2.51. The largest absolute Gasteiger partial charge is 0.455 e. The summed E-state index contributed by atoms with van der Waals surface area (Å²) in [5, 5.41) is 91.5. The number of aromatic nitrogens is 5. The molecule has 0 saturated carbocycles. The molecular formula is C71H81N19O18S5. The number of nitrogens with two attached hydrogens (primary N) is 1. The summed E-state index contributed by atoms with van der Waals surface area (Å²) in [5.74, 6) is -12.7. The molecule has 37 nitrogen and oxygen atoms in total. The summed E-state index contributed by atoms with van der Waals surface area (Å²) < 4.78 is 6.24. The Morgan fingerprint density at radius 3 is 2.09 bits per heavy atom. The minimum absolute atomic E-state index is 0.0184. The first-order valence-electron chi connectivity index (χ1n) is 34.8. The van der Waals surface area contributed by atoms with E-state index in [1.807, 2.05) is 0 Å². The first-order valence-corrected chi connectivity index (χ1v) is 39.3. The lowest BCUT2D eigenvalue weighted by atomic mass is 9.80. The molecule has 5 aromatic heterocycles. The van der Waals surface area contributed by atoms with Crippen LogP contribution >= 0.6 is 57.1 Å². The van der Waals surface area contributed by atoms with Gasteiger partial charge >= 0.3 is 5.97 Å². The Hall–Kier alpha value is -10.8. The fourth-order valence-electron chi connectivity index (χ4n) is 12.0. The number of primary amides is 1. The number of pyridine rings is 1. The quantitative estimate of drug-likeness (QED) is 0.0633. The number of cyclic esters (lactones) is 1. The van der Waals surface area contributed by atoms with Crippen LogP contribution < -0.4 is 64.2 Å². The van der Waals surface area contributed by atoms with Crippen LogP contribution in [0.4, 0.5) is 0 Å². The number of hydrogen-bond donors (Lipinski definition) is 17. The maximum absolute atomic E-state index is 15.4. The van der Waals surface area contributed by atoms with E-state index in [9.17, 15) is 68.7 Å². The van der Waals surface area contributed by atoms with Gasteiger partial charge in [-0.2, -0.15) is 0 Å². The monoisotopic (exact) mass is 1650 g/mol. The van der Waals surface area contributed by atoms with Gasteiger partial charge in [0.2, 0.25) is 23.6 Å². The smallest absolute Gasteiger partial charge is 0.357 e. The number of carbonyl (C=O) groups excluding carboxylic acids is 12. The minimum atomic E-state index is -2.21. The molecule has 4 aliphatic heterocycles. The molecule has 0 saturated heterocycles. The Bertz CT molecular complexity index is 4920. The number of aliphatic hydroxyl groups excluding tert-OH is 4. The van der Waals surface area contributed by atoms with Crippen LogP contribution in [0.5, 0.6) is 0 Å². The topological polar surface area (TPSA) is 563 Å². The average molecular weight is 1650 g/mol. The van der Waals surface area contributed by atoms with Crippen LogP contribution in [0.15, 0.2) is 105 Å². The Morgan fingerprint density at radius 2 is 1.42 bits per heavy atom. The second-order valence-electron chi connectivity index (χ2n) is 27.4. The van der Waals surface area contributed by atoms with E-state index in [1.165, 1.54) is 87.4 Å². The second-order valence-corrected chi connectivity index (χ2v) is 31.9. The predicted octanol–water partition coefficient (Wildman–Crippen LogP) is 0.509. The number of rotatable bonds is 11. The summed E-state index contributed by atoms with van der Waals surface area (Å²) in [6.07, 6.45) is -3.71. The zero-order valence-corrected chi connectivity index (χ0v) is 66.0. The number of nitrogens with one attached hydrogen (secondary N) is 11. The standard InChI is InChI=1S/C71H81N19O18S5/c1-14-37-64-83-44(22-109-64)61(103)89-52(70(13,107)34(12)93)67-85-43(23-112-67)59(101)88-48-33(11)108-68(106)40-19-36(31(9)91)35-15-16-38(50(94)49(35)79-40)78-46(25(2)3)62(104)77-29(7)56(98)74-27(5)55(97)75-30(8)57(99)90-71(69-86-45(24-113-69)60(102)87-47(32(10)92)63(105)81-37)18-17-39(80-51(71)41-20-111-66(48)82-41)65-84-42(21-110-65)58(100)76-28(6)54(96)73-26(4)53(72)95/h14-16,19-21,23-25,30-34,38,44,46-48,50-52,78,91-94,107H,4-7,17-18,22H2,1-3,8-13H3,(H2,72,95)(H,73,96)(H,74,98)(H,75,97)(H,76,100)(H,77,104)(H,81,105)(H,87,102)(H,88,101)(H,89,103)(H,90,99)/b37-14-/t30?,31?,32?,33?,34?,38?,44?,46-,47?,48-,50?,51+,52+,70+,71?/m0/s1. The Balaban J connectivity index is 1.18. The maximum atomic E-state index is 15.4. The molecule has 0 aromatic carbocycles. The minimum Gasteiger partial charge on any atom is -0.455 e. The molecule has 1 aliphatic carbocycles. The van der Waals surface area contributed by atoms with Gasteiger partial charge in [0.15, 0.2) is 0 Å². The molecule has 10 rings (SSSR count). The summed E-state index contributed by atoms with van der Waals surface area (Å²) in [6, 6.07) is -10.4. The van der Waals surface area contributed by atoms with Gasteiger partial charge in [0.1, 0.15) is 107 Å². The zero-order valence-electron chi connectivity index (χ0n) is 61.9. The summed E-state index contributed by atoms with van der Waals surface area (Å²) in [7, 11) is 0. The fourth-order valence-corrected chi connectivity index (χ4v) is 16.9. The van der Waals surface area contributed by atoms with Crippen LogP contribution in [-0.2, 0) is 48.6 Å². The molecule has 15 atom stereocenters. The van der Waals surface area contributed by atoms with Gasteiger partial charge in [-0.3, -0.25) is 68.0 Å². The first-order chi connectivity index (χ1) is 53.2. The molecule has 5 aromatic rings. The van der Waals surface area contributed by atoms with Gasteiger partial charge in [-0.05, 0) is 78.9 Å². The van der Waals surface area contributed by atoms with Gasteiger partial charge in [0.25, 0.3) is 41.4 Å². The maximum Gasteiger partial charge on any atom is 0.357 e. The van der Waals surface area contributed by atoms with E-state index in [4.69, 9.17) is 25.4 Å². The van der Waals surface area contributed by atoms with Gasteiger partial charge < -0.3 is 89.2 Å². The molecule has 113 heavy (non-hydrogen) atoms. The van der Waals surface area contributed by atoms with E-state index >= 15 is 14.4 Å². The third-order valence-electron chi connectivity index (χ3n) is 18.7. The van der Waals surface area contributed by atoms with Gasteiger partial charge in [-0.25, -0.2) is 29.7 Å². The van der Waals surface area contributed by atoms with E-state index < -0.39 is 201 Å². The number of ether oxygens (including phenoxy) is 1. The van der Waals surface area contributed by atoms with Crippen molar-refractivity contribution in [3.63, 3.8) is 0 Å². The lowest BCUT2D eigenvalue weighted by Crippen LogP contribution is -2.57. The highest BCUT2D eigenvalue weighted by molar-refractivity contribution is 8.14. The van der Waals surface area contributed by atoms with Gasteiger partial charge in [-0.15, -0.1) is 57.1 Å². The van der Waals surface area contributed by atoms with Crippen LogP contribution in [0, 0.1) is 5.92 Å².